The Morgan fingerprint density at radius 2 is 1.78 bits per heavy atom. The Morgan fingerprint density at radius 1 is 1.22 bits per heavy atom. The Morgan fingerprint density at radius 3 is 2.11 bits per heavy atom. The zero-order chi connectivity index (χ0) is 7.54. The van der Waals surface area contributed by atoms with Crippen LogP contribution in [0.5, 0.6) is 0 Å². The second kappa shape index (κ2) is 15.7. The molecular formula is C7H14N2. The highest BCUT2D eigenvalue weighted by atomic mass is 14.6. The summed E-state index contributed by atoms with van der Waals surface area (Å²) >= 11 is 0. The molecule has 0 radical (unpaired) electrons. The van der Waals surface area contributed by atoms with Crippen LogP contribution < -0.4 is 0 Å². The minimum Gasteiger partial charge on any atom is -0.309 e. The summed E-state index contributed by atoms with van der Waals surface area (Å²) in [5, 5.41) is 6.51. The number of nitrogens with zero attached hydrogens (tertiary/aromatic N) is 1. The van der Waals surface area contributed by atoms with Crippen LogP contribution in [0.4, 0.5) is 0 Å². The van der Waals surface area contributed by atoms with E-state index in [0.29, 0.717) is 0 Å². The smallest absolute Gasteiger partial charge is 0.0277 e. The third-order valence-electron chi connectivity index (χ3n) is 0.442. The van der Waals surface area contributed by atoms with E-state index in [4.69, 9.17) is 5.41 Å². The molecule has 0 saturated carbocycles. The van der Waals surface area contributed by atoms with Gasteiger partial charge in [0.2, 0.25) is 0 Å². The Hall–Kier alpha value is -0.920. The number of aliphatic imine (C=N–C) groups is 1. The van der Waals surface area contributed by atoms with Gasteiger partial charge >= 0.3 is 0 Å². The van der Waals surface area contributed by atoms with Crippen LogP contribution in [0, 0.1) is 5.41 Å². The molecule has 0 heterocycles. The fourth-order valence-electron chi connectivity index (χ4n) is 0.191. The van der Waals surface area contributed by atoms with Crippen LogP contribution in [-0.4, -0.2) is 19.5 Å². The van der Waals surface area contributed by atoms with Crippen molar-refractivity contribution in [3.05, 3.63) is 12.2 Å². The molecule has 0 aromatic rings. The normalized spacial score (nSPS) is 9.22. The summed E-state index contributed by atoms with van der Waals surface area (Å²) < 4.78 is 0. The van der Waals surface area contributed by atoms with Gasteiger partial charge in [-0.2, -0.15) is 0 Å². The fraction of sp³-hybridized carbons (Fsp3) is 0.429. The molecule has 0 aliphatic heterocycles. The van der Waals surface area contributed by atoms with Crippen LogP contribution in [0.1, 0.15) is 13.8 Å². The maximum atomic E-state index is 6.51. The topological polar surface area (TPSA) is 36.2 Å². The Balaban J connectivity index is 0. The number of hydrogen-bond donors (Lipinski definition) is 1. The molecule has 0 fully saturated rings. The van der Waals surface area contributed by atoms with Gasteiger partial charge in [0.05, 0.1) is 0 Å². The summed E-state index contributed by atoms with van der Waals surface area (Å²) in [4.78, 5) is 3.66. The first-order valence-corrected chi connectivity index (χ1v) is 2.99. The van der Waals surface area contributed by atoms with E-state index in [2.05, 4.69) is 4.99 Å². The summed E-state index contributed by atoms with van der Waals surface area (Å²) in [7, 11) is 1.69. The molecule has 0 aromatic carbocycles. The Kier molecular flexibility index (Phi) is 19.1. The van der Waals surface area contributed by atoms with Gasteiger partial charge in [-0.3, -0.25) is 4.99 Å². The molecule has 0 atom stereocenters. The third-order valence-corrected chi connectivity index (χ3v) is 0.442. The van der Waals surface area contributed by atoms with Crippen LogP contribution in [0.25, 0.3) is 0 Å². The summed E-state index contributed by atoms with van der Waals surface area (Å²) in [6.07, 6.45) is 6.15. The standard InChI is InChI=1S/C5H8N2.C2H6/c1-7-5-3-2-4-6;1-2/h2-6H,1H3;1-2H3/b3-2-,6-4?,7-5?;. The average molecular weight is 126 g/mol. The number of rotatable bonds is 2. The fourth-order valence-corrected chi connectivity index (χ4v) is 0.191. The molecule has 52 valence electrons. The van der Waals surface area contributed by atoms with Crippen molar-refractivity contribution < 1.29 is 0 Å². The minimum absolute atomic E-state index is 1.21. The molecule has 2 nitrogen and oxygen atoms in total. The Labute approximate surface area is 56.8 Å². The SMILES string of the molecule is CC.CN=C/C=C\C=N. The van der Waals surface area contributed by atoms with Crippen LogP contribution >= 0.6 is 0 Å². The Bertz CT molecular complexity index is 93.1. The molecule has 9 heavy (non-hydrogen) atoms. The molecule has 0 rings (SSSR count). The van der Waals surface area contributed by atoms with E-state index in [1.807, 2.05) is 13.8 Å². The highest BCUT2D eigenvalue weighted by Gasteiger charge is 1.54. The van der Waals surface area contributed by atoms with Crippen molar-refractivity contribution in [2.45, 2.75) is 13.8 Å². The van der Waals surface area contributed by atoms with Crippen molar-refractivity contribution in [3.8, 4) is 0 Å². The van der Waals surface area contributed by atoms with E-state index < -0.39 is 0 Å². The quantitative estimate of drug-likeness (QED) is 0.549. The summed E-state index contributed by atoms with van der Waals surface area (Å²) in [5.41, 5.74) is 0. The van der Waals surface area contributed by atoms with Crippen LogP contribution in [0.3, 0.4) is 0 Å². The predicted octanol–water partition coefficient (Wildman–Crippen LogP) is 1.92. The molecule has 0 saturated heterocycles. The minimum atomic E-state index is 1.21. The van der Waals surface area contributed by atoms with Crippen molar-refractivity contribution in [1.29, 1.82) is 5.41 Å². The van der Waals surface area contributed by atoms with Crippen LogP contribution in [0.15, 0.2) is 17.1 Å². The molecule has 0 aromatic heterocycles. The zero-order valence-corrected chi connectivity index (χ0v) is 6.26. The molecule has 0 aliphatic carbocycles. The molecule has 1 N–H and O–H groups in total. The number of allylic oxidation sites excluding steroid dienone is 2. The largest absolute Gasteiger partial charge is 0.309 e. The average Bonchev–Trinajstić information content (AvgIpc) is 1.94. The summed E-state index contributed by atoms with van der Waals surface area (Å²) in [6.45, 7) is 4.00. The number of hydrogen-bond acceptors (Lipinski definition) is 2. The summed E-state index contributed by atoms with van der Waals surface area (Å²) in [5.74, 6) is 0. The zero-order valence-electron chi connectivity index (χ0n) is 6.26. The maximum Gasteiger partial charge on any atom is 0.0277 e. The van der Waals surface area contributed by atoms with E-state index in [1.165, 1.54) is 6.21 Å². The lowest BCUT2D eigenvalue weighted by Crippen LogP contribution is -1.61. The van der Waals surface area contributed by atoms with Crippen molar-refractivity contribution in [2.75, 3.05) is 7.05 Å². The van der Waals surface area contributed by atoms with E-state index in [0.717, 1.165) is 0 Å². The first-order valence-electron chi connectivity index (χ1n) is 2.99. The van der Waals surface area contributed by atoms with Crippen molar-refractivity contribution in [3.63, 3.8) is 0 Å². The van der Waals surface area contributed by atoms with Gasteiger partial charge < -0.3 is 5.41 Å². The van der Waals surface area contributed by atoms with Gasteiger partial charge in [-0.15, -0.1) is 0 Å². The third kappa shape index (κ3) is 19.3. The lowest BCUT2D eigenvalue weighted by Gasteiger charge is -1.64. The maximum absolute atomic E-state index is 6.51. The van der Waals surface area contributed by atoms with Gasteiger partial charge in [-0.05, 0) is 12.2 Å². The first kappa shape index (κ1) is 11.0. The van der Waals surface area contributed by atoms with Gasteiger partial charge in [0, 0.05) is 19.5 Å². The van der Waals surface area contributed by atoms with Gasteiger partial charge in [-0.25, -0.2) is 0 Å². The monoisotopic (exact) mass is 126 g/mol. The number of nitrogens with one attached hydrogen (secondary N) is 1. The molecule has 0 bridgehead atoms. The molecule has 0 spiro atoms. The van der Waals surface area contributed by atoms with Crippen LogP contribution in [-0.2, 0) is 0 Å². The van der Waals surface area contributed by atoms with Gasteiger partial charge in [0.1, 0.15) is 0 Å². The van der Waals surface area contributed by atoms with Crippen molar-refractivity contribution in [2.24, 2.45) is 4.99 Å². The lowest BCUT2D eigenvalue weighted by atomic mass is 10.5. The van der Waals surface area contributed by atoms with E-state index >= 15 is 0 Å². The molecule has 2 heteroatoms. The highest BCUT2D eigenvalue weighted by molar-refractivity contribution is 5.79. The molecule has 0 amide bonds. The highest BCUT2D eigenvalue weighted by Crippen LogP contribution is 1.59. The van der Waals surface area contributed by atoms with Gasteiger partial charge in [0.15, 0.2) is 0 Å². The molecular weight excluding hydrogens is 112 g/mol. The van der Waals surface area contributed by atoms with Gasteiger partial charge in [0.25, 0.3) is 0 Å². The lowest BCUT2D eigenvalue weighted by molar-refractivity contribution is 1.48. The molecule has 0 aliphatic rings. The predicted molar refractivity (Wildman–Crippen MR) is 43.7 cm³/mol. The van der Waals surface area contributed by atoms with E-state index in [1.54, 1.807) is 25.4 Å². The van der Waals surface area contributed by atoms with Crippen LogP contribution in [0.2, 0.25) is 0 Å². The second-order valence-corrected chi connectivity index (χ2v) is 0.959. The second-order valence-electron chi connectivity index (χ2n) is 0.959. The summed E-state index contributed by atoms with van der Waals surface area (Å²) in [6, 6.07) is 0. The van der Waals surface area contributed by atoms with Gasteiger partial charge in [-0.1, -0.05) is 13.8 Å². The van der Waals surface area contributed by atoms with E-state index in [9.17, 15) is 0 Å². The van der Waals surface area contributed by atoms with Crippen molar-refractivity contribution in [1.82, 2.24) is 0 Å². The van der Waals surface area contributed by atoms with Crippen molar-refractivity contribution >= 4 is 12.4 Å². The van der Waals surface area contributed by atoms with E-state index in [-0.39, 0.29) is 0 Å². The first-order chi connectivity index (χ1) is 4.41. The molecule has 0 unspecified atom stereocenters.